The summed E-state index contributed by atoms with van der Waals surface area (Å²) in [5.41, 5.74) is 2.25. The number of amides is 1. The summed E-state index contributed by atoms with van der Waals surface area (Å²) in [5.74, 6) is 1.44. The van der Waals surface area contributed by atoms with Crippen LogP contribution in [0.2, 0.25) is 0 Å². The van der Waals surface area contributed by atoms with Crippen LogP contribution in [0.4, 0.5) is 0 Å². The Kier molecular flexibility index (Phi) is 6.11. The molecule has 1 N–H and O–H groups in total. The molecule has 1 aromatic heterocycles. The summed E-state index contributed by atoms with van der Waals surface area (Å²) in [4.78, 5) is 21.0. The van der Waals surface area contributed by atoms with E-state index in [0.717, 1.165) is 43.7 Å². The summed E-state index contributed by atoms with van der Waals surface area (Å²) >= 11 is 1.77. The van der Waals surface area contributed by atoms with Gasteiger partial charge in [-0.15, -0.1) is 11.3 Å². The van der Waals surface area contributed by atoms with Crippen molar-refractivity contribution in [3.8, 4) is 5.75 Å². The highest BCUT2D eigenvalue weighted by Crippen LogP contribution is 2.32. The third-order valence-electron chi connectivity index (χ3n) is 5.53. The molecule has 1 aliphatic heterocycles. The van der Waals surface area contributed by atoms with E-state index in [1.807, 2.05) is 29.2 Å². The second-order valence-electron chi connectivity index (χ2n) is 7.86. The van der Waals surface area contributed by atoms with Crippen LogP contribution in [0.3, 0.4) is 0 Å². The number of nitrogens with one attached hydrogen (secondary N) is 1. The highest BCUT2D eigenvalue weighted by Gasteiger charge is 2.28. The SMILES string of the molecule is COc1cccc(C[NH+](C)CC(=O)N2CCC[C@@H](c3nc4ccccc4s3)C2)c1. The number of rotatable bonds is 6. The van der Waals surface area contributed by atoms with Crippen molar-refractivity contribution >= 4 is 27.5 Å². The van der Waals surface area contributed by atoms with Crippen LogP contribution >= 0.6 is 11.3 Å². The van der Waals surface area contributed by atoms with E-state index < -0.39 is 0 Å². The lowest BCUT2D eigenvalue weighted by molar-refractivity contribution is -0.885. The predicted molar refractivity (Wildman–Crippen MR) is 117 cm³/mol. The van der Waals surface area contributed by atoms with E-state index in [0.29, 0.717) is 12.5 Å². The van der Waals surface area contributed by atoms with E-state index in [9.17, 15) is 4.79 Å². The molecule has 1 unspecified atom stereocenters. The van der Waals surface area contributed by atoms with Gasteiger partial charge in [0.05, 0.1) is 29.4 Å². The van der Waals surface area contributed by atoms with Crippen LogP contribution in [0.15, 0.2) is 48.5 Å². The molecule has 1 amide bonds. The van der Waals surface area contributed by atoms with Gasteiger partial charge in [-0.3, -0.25) is 4.79 Å². The molecule has 1 fully saturated rings. The maximum absolute atomic E-state index is 12.9. The zero-order valence-corrected chi connectivity index (χ0v) is 17.9. The monoisotopic (exact) mass is 410 g/mol. The minimum absolute atomic E-state index is 0.233. The molecule has 0 aliphatic carbocycles. The highest BCUT2D eigenvalue weighted by molar-refractivity contribution is 7.18. The van der Waals surface area contributed by atoms with E-state index >= 15 is 0 Å². The molecular formula is C23H28N3O2S+. The fourth-order valence-electron chi connectivity index (χ4n) is 4.03. The second-order valence-corrected chi connectivity index (χ2v) is 8.92. The van der Waals surface area contributed by atoms with Gasteiger partial charge in [0.25, 0.3) is 5.91 Å². The van der Waals surface area contributed by atoms with Crippen LogP contribution in [0.25, 0.3) is 10.2 Å². The van der Waals surface area contributed by atoms with E-state index in [2.05, 4.69) is 31.3 Å². The van der Waals surface area contributed by atoms with Gasteiger partial charge in [0.1, 0.15) is 12.3 Å². The topological polar surface area (TPSA) is 46.9 Å². The summed E-state index contributed by atoms with van der Waals surface area (Å²) in [6.07, 6.45) is 2.15. The number of hydrogen-bond donors (Lipinski definition) is 1. The number of fused-ring (bicyclic) bond motifs is 1. The van der Waals surface area contributed by atoms with Gasteiger partial charge < -0.3 is 14.5 Å². The normalized spacial score (nSPS) is 18.0. The predicted octanol–water partition coefficient (Wildman–Crippen LogP) is 2.73. The Labute approximate surface area is 175 Å². The molecule has 6 heteroatoms. The smallest absolute Gasteiger partial charge is 0.277 e. The van der Waals surface area contributed by atoms with Gasteiger partial charge in [-0.05, 0) is 37.1 Å². The van der Waals surface area contributed by atoms with Crippen LogP contribution < -0.4 is 9.64 Å². The number of likely N-dealkylation sites (N-methyl/N-ethyl adjacent to an activating group) is 1. The van der Waals surface area contributed by atoms with Crippen LogP contribution in [0.1, 0.15) is 29.3 Å². The average molecular weight is 411 g/mol. The molecule has 0 bridgehead atoms. The van der Waals surface area contributed by atoms with Crippen LogP contribution in [-0.4, -0.2) is 49.6 Å². The van der Waals surface area contributed by atoms with Gasteiger partial charge in [0.2, 0.25) is 0 Å². The van der Waals surface area contributed by atoms with Crippen molar-refractivity contribution in [3.63, 3.8) is 0 Å². The zero-order valence-electron chi connectivity index (χ0n) is 17.1. The number of carbonyl (C=O) groups excluding carboxylic acids is 1. The number of benzene rings is 2. The molecule has 1 saturated heterocycles. The first-order valence-electron chi connectivity index (χ1n) is 10.2. The summed E-state index contributed by atoms with van der Waals surface area (Å²) in [6.45, 7) is 2.94. The van der Waals surface area contributed by atoms with Gasteiger partial charge in [0.15, 0.2) is 6.54 Å². The summed E-state index contributed by atoms with van der Waals surface area (Å²) in [7, 11) is 3.75. The minimum Gasteiger partial charge on any atom is -0.497 e. The number of hydrogen-bond acceptors (Lipinski definition) is 4. The molecule has 152 valence electrons. The van der Waals surface area contributed by atoms with Gasteiger partial charge in [0, 0.05) is 24.6 Å². The molecule has 5 nitrogen and oxygen atoms in total. The van der Waals surface area contributed by atoms with Crippen molar-refractivity contribution < 1.29 is 14.4 Å². The third kappa shape index (κ3) is 4.77. The van der Waals surface area contributed by atoms with Crippen LogP contribution in [0.5, 0.6) is 5.75 Å². The first-order chi connectivity index (χ1) is 14.1. The largest absolute Gasteiger partial charge is 0.497 e. The van der Waals surface area contributed by atoms with Crippen molar-refractivity contribution in [3.05, 3.63) is 59.1 Å². The molecule has 2 atom stereocenters. The molecular weight excluding hydrogens is 382 g/mol. The lowest BCUT2D eigenvalue weighted by Gasteiger charge is -2.32. The number of likely N-dealkylation sites (tertiary alicyclic amines) is 1. The number of para-hydroxylation sites is 1. The minimum atomic E-state index is 0.233. The van der Waals surface area contributed by atoms with E-state index in [1.165, 1.54) is 20.2 Å². The lowest BCUT2D eigenvalue weighted by Crippen LogP contribution is -3.08. The maximum Gasteiger partial charge on any atom is 0.277 e. The number of ether oxygens (including phenoxy) is 1. The zero-order chi connectivity index (χ0) is 20.2. The Bertz CT molecular complexity index is 954. The number of methoxy groups -OCH3 is 1. The summed E-state index contributed by atoms with van der Waals surface area (Å²) in [6, 6.07) is 16.3. The molecule has 29 heavy (non-hydrogen) atoms. The molecule has 2 heterocycles. The van der Waals surface area contributed by atoms with E-state index in [1.54, 1.807) is 18.4 Å². The first kappa shape index (κ1) is 19.9. The van der Waals surface area contributed by atoms with Gasteiger partial charge in [-0.1, -0.05) is 24.3 Å². The fraction of sp³-hybridized carbons (Fsp3) is 0.391. The fourth-order valence-corrected chi connectivity index (χ4v) is 5.13. The second kappa shape index (κ2) is 8.93. The number of piperidine rings is 1. The lowest BCUT2D eigenvalue weighted by atomic mass is 9.98. The number of thiazole rings is 1. The van der Waals surface area contributed by atoms with Gasteiger partial charge in [-0.2, -0.15) is 0 Å². The third-order valence-corrected chi connectivity index (χ3v) is 6.73. The van der Waals surface area contributed by atoms with Crippen LogP contribution in [-0.2, 0) is 11.3 Å². The molecule has 2 aromatic carbocycles. The Hall–Kier alpha value is -2.44. The molecule has 0 spiro atoms. The average Bonchev–Trinajstić information content (AvgIpc) is 3.18. The molecule has 3 aromatic rings. The maximum atomic E-state index is 12.9. The van der Waals surface area contributed by atoms with Gasteiger partial charge >= 0.3 is 0 Å². The van der Waals surface area contributed by atoms with Crippen molar-refractivity contribution in [2.45, 2.75) is 25.3 Å². The van der Waals surface area contributed by atoms with Crippen molar-refractivity contribution in [1.29, 1.82) is 0 Å². The quantitative estimate of drug-likeness (QED) is 0.680. The first-order valence-corrected chi connectivity index (χ1v) is 11.0. The Morgan fingerprint density at radius 2 is 2.14 bits per heavy atom. The number of quaternary nitrogens is 1. The molecule has 4 rings (SSSR count). The Morgan fingerprint density at radius 1 is 1.28 bits per heavy atom. The van der Waals surface area contributed by atoms with E-state index in [4.69, 9.17) is 9.72 Å². The number of aromatic nitrogens is 1. The summed E-state index contributed by atoms with van der Waals surface area (Å²) in [5, 5.41) is 1.17. The molecule has 0 radical (unpaired) electrons. The Morgan fingerprint density at radius 3 is 2.97 bits per heavy atom. The summed E-state index contributed by atoms with van der Waals surface area (Å²) < 4.78 is 6.53. The molecule has 1 aliphatic rings. The Balaban J connectivity index is 1.36. The van der Waals surface area contributed by atoms with Gasteiger partial charge in [-0.25, -0.2) is 4.98 Å². The van der Waals surface area contributed by atoms with Crippen molar-refractivity contribution in [1.82, 2.24) is 9.88 Å². The van der Waals surface area contributed by atoms with Crippen molar-refractivity contribution in [2.75, 3.05) is 33.8 Å². The van der Waals surface area contributed by atoms with Crippen molar-refractivity contribution in [2.24, 2.45) is 0 Å². The van der Waals surface area contributed by atoms with E-state index in [-0.39, 0.29) is 5.91 Å². The number of nitrogens with zero attached hydrogens (tertiary/aromatic N) is 2. The standard InChI is InChI=1S/C23H27N3O2S/c1-25(14-17-7-5-9-19(13-17)28-2)16-22(27)26-12-6-8-18(15-26)23-24-20-10-3-4-11-21(20)29-23/h3-5,7,9-11,13,18H,6,8,12,14-16H2,1-2H3/p+1/t18-/m1/s1. The highest BCUT2D eigenvalue weighted by atomic mass is 32.1. The molecule has 0 saturated carbocycles. The van der Waals surface area contributed by atoms with Crippen LogP contribution in [0, 0.1) is 0 Å². The number of carbonyl (C=O) groups is 1.